The Kier molecular flexibility index (Phi) is 18.5. The molecule has 0 bridgehead atoms. The Hall–Kier alpha value is -2.94. The summed E-state index contributed by atoms with van der Waals surface area (Å²) in [6, 6.07) is -2.08. The Bertz CT molecular complexity index is 785. The molecule has 0 aliphatic carbocycles. The van der Waals surface area contributed by atoms with Crippen molar-refractivity contribution in [2.24, 2.45) is 0 Å². The van der Waals surface area contributed by atoms with Crippen LogP contribution in [0, 0.1) is 0 Å². The minimum Gasteiger partial charge on any atom is -0.480 e. The van der Waals surface area contributed by atoms with Gasteiger partial charge in [0, 0.05) is 65.2 Å². The number of carboxylic acid groups (broad SMARTS) is 4. The van der Waals surface area contributed by atoms with E-state index in [1.54, 1.807) is 19.6 Å². The van der Waals surface area contributed by atoms with Gasteiger partial charge in [-0.15, -0.1) is 0 Å². The molecule has 0 aromatic carbocycles. The third kappa shape index (κ3) is 15.6. The van der Waals surface area contributed by atoms with Crippen molar-refractivity contribution in [2.45, 2.75) is 65.5 Å². The molecule has 40 heavy (non-hydrogen) atoms. The number of nitrogens with zero attached hydrogens (tertiary/aromatic N) is 4. The molecule has 0 aromatic rings. The van der Waals surface area contributed by atoms with E-state index in [2.05, 4.69) is 0 Å². The summed E-state index contributed by atoms with van der Waals surface area (Å²) in [5.41, 5.74) is 0. The first-order valence-electron chi connectivity index (χ1n) is 13.6. The third-order valence-electron chi connectivity index (χ3n) is 6.52. The molecule has 14 heteroatoms. The number of hydrogen-bond donors (Lipinski definition) is 4. The van der Waals surface area contributed by atoms with E-state index in [-0.39, 0.29) is 103 Å². The Balaban J connectivity index is 0.00000742. The van der Waals surface area contributed by atoms with Crippen molar-refractivity contribution in [3.05, 3.63) is 0 Å². The second-order valence-corrected chi connectivity index (χ2v) is 9.60. The number of hydrogen-bond acceptors (Lipinski definition) is 10. The maximum Gasteiger partial charge on any atom is 0.320 e. The molecule has 0 amide bonds. The minimum absolute atomic E-state index is 0.0382. The summed E-state index contributed by atoms with van der Waals surface area (Å²) >= 11 is 0. The molecule has 1 fully saturated rings. The van der Waals surface area contributed by atoms with Crippen LogP contribution in [-0.2, 0) is 28.8 Å². The molecule has 1 saturated heterocycles. The van der Waals surface area contributed by atoms with Crippen LogP contribution >= 0.6 is 0 Å². The van der Waals surface area contributed by atoms with Crippen LogP contribution in [0.3, 0.4) is 0 Å². The second-order valence-electron chi connectivity index (χ2n) is 9.60. The fraction of sp³-hybridized carbons (Fsp3) is 0.769. The van der Waals surface area contributed by atoms with E-state index in [0.29, 0.717) is 0 Å². The zero-order chi connectivity index (χ0) is 30.8. The molecular formula is C26H46N4O10. The summed E-state index contributed by atoms with van der Waals surface area (Å²) < 4.78 is 0. The number of Topliss-reactive ketones (excluding diaryl/α,β-unsaturated/α-hetero) is 2. The molecule has 1 heterocycles. The Labute approximate surface area is 235 Å². The van der Waals surface area contributed by atoms with E-state index >= 15 is 0 Å². The van der Waals surface area contributed by atoms with Crippen LogP contribution in [-0.4, -0.2) is 153 Å². The van der Waals surface area contributed by atoms with Gasteiger partial charge in [0.1, 0.15) is 23.7 Å². The minimum atomic E-state index is -1.14. The van der Waals surface area contributed by atoms with E-state index in [1.807, 2.05) is 13.8 Å². The Morgan fingerprint density at radius 3 is 1.07 bits per heavy atom. The number of rotatable bonds is 14. The second kappa shape index (κ2) is 20.0. The highest BCUT2D eigenvalue weighted by atomic mass is 16.4. The highest BCUT2D eigenvalue weighted by Gasteiger charge is 2.31. The van der Waals surface area contributed by atoms with Crippen molar-refractivity contribution < 1.29 is 49.2 Å². The summed E-state index contributed by atoms with van der Waals surface area (Å²) in [4.78, 5) is 76.6. The van der Waals surface area contributed by atoms with E-state index < -0.39 is 36.0 Å². The average Bonchev–Trinajstić information content (AvgIpc) is 2.84. The van der Waals surface area contributed by atoms with Gasteiger partial charge in [-0.2, -0.15) is 0 Å². The Morgan fingerprint density at radius 2 is 0.825 bits per heavy atom. The van der Waals surface area contributed by atoms with Gasteiger partial charge in [-0.05, 0) is 26.7 Å². The van der Waals surface area contributed by atoms with Crippen molar-refractivity contribution >= 4 is 35.4 Å². The third-order valence-corrected chi connectivity index (χ3v) is 6.52. The maximum absolute atomic E-state index is 12.1. The predicted molar refractivity (Wildman–Crippen MR) is 145 cm³/mol. The first-order valence-corrected chi connectivity index (χ1v) is 13.6. The first-order chi connectivity index (χ1) is 18.8. The molecular weight excluding hydrogens is 528 g/mol. The lowest BCUT2D eigenvalue weighted by Crippen LogP contribution is -2.53. The van der Waals surface area contributed by atoms with Crippen molar-refractivity contribution in [3.8, 4) is 0 Å². The van der Waals surface area contributed by atoms with E-state index in [0.717, 1.165) is 0 Å². The summed E-state index contributed by atoms with van der Waals surface area (Å²) in [5.74, 6) is -4.80. The van der Waals surface area contributed by atoms with Crippen molar-refractivity contribution in [3.63, 3.8) is 0 Å². The molecule has 1 aliphatic rings. The SMILES string of the molecule is CC.CC(=O)CCC(C(=O)O)N1CCN(CC(=O)O)CCN(CC(=O)O)CCN(C(CCC(C)=O)C(=O)O)CC1. The first kappa shape index (κ1) is 37.1. The predicted octanol–water partition coefficient (Wildman–Crippen LogP) is 0.0482. The van der Waals surface area contributed by atoms with Crippen LogP contribution in [0.2, 0.25) is 0 Å². The highest BCUT2D eigenvalue weighted by Crippen LogP contribution is 2.14. The number of carboxylic acids is 4. The smallest absolute Gasteiger partial charge is 0.320 e. The summed E-state index contributed by atoms with van der Waals surface area (Å²) in [5, 5.41) is 38.5. The van der Waals surface area contributed by atoms with Crippen LogP contribution < -0.4 is 0 Å². The van der Waals surface area contributed by atoms with Gasteiger partial charge in [0.05, 0.1) is 13.1 Å². The molecule has 0 aromatic heterocycles. The van der Waals surface area contributed by atoms with Gasteiger partial charge in [0.15, 0.2) is 0 Å². The lowest BCUT2D eigenvalue weighted by molar-refractivity contribution is -0.147. The molecule has 2 unspecified atom stereocenters. The highest BCUT2D eigenvalue weighted by molar-refractivity contribution is 5.79. The van der Waals surface area contributed by atoms with Gasteiger partial charge in [0.25, 0.3) is 0 Å². The molecule has 14 nitrogen and oxygen atoms in total. The van der Waals surface area contributed by atoms with Crippen LogP contribution in [0.1, 0.15) is 53.4 Å². The van der Waals surface area contributed by atoms with Crippen LogP contribution in [0.4, 0.5) is 0 Å². The Morgan fingerprint density at radius 1 is 0.550 bits per heavy atom. The molecule has 0 radical (unpaired) electrons. The molecule has 2 atom stereocenters. The van der Waals surface area contributed by atoms with E-state index in [1.165, 1.54) is 13.8 Å². The standard InChI is InChI=1S/C24H40N4O10.C2H6/c1-17(29)3-5-19(23(35)36)27-11-9-25(15-21(31)32)7-8-26(16-22(33)34)10-12-28(14-13-27)20(24(37)38)6-4-18(2)30;1-2/h19-20H,3-16H2,1-2H3,(H,31,32)(H,33,34)(H,35,36)(H,37,38);1-2H3. The summed E-state index contributed by atoms with van der Waals surface area (Å²) in [6.07, 6.45) is 0.165. The van der Waals surface area contributed by atoms with Gasteiger partial charge in [-0.1, -0.05) is 13.8 Å². The van der Waals surface area contributed by atoms with Crippen molar-refractivity contribution in [1.82, 2.24) is 19.6 Å². The van der Waals surface area contributed by atoms with Crippen LogP contribution in [0.5, 0.6) is 0 Å². The molecule has 1 aliphatic heterocycles. The molecule has 0 saturated carbocycles. The van der Waals surface area contributed by atoms with Crippen molar-refractivity contribution in [2.75, 3.05) is 65.4 Å². The number of carbonyl (C=O) groups is 6. The fourth-order valence-corrected chi connectivity index (χ4v) is 4.45. The zero-order valence-corrected chi connectivity index (χ0v) is 24.1. The number of ketones is 2. The summed E-state index contributed by atoms with van der Waals surface area (Å²) in [6.45, 7) is 7.32. The van der Waals surface area contributed by atoms with Gasteiger partial charge in [0.2, 0.25) is 0 Å². The fourth-order valence-electron chi connectivity index (χ4n) is 4.45. The topological polar surface area (TPSA) is 196 Å². The quantitative estimate of drug-likeness (QED) is 0.217. The van der Waals surface area contributed by atoms with Crippen LogP contribution in [0.25, 0.3) is 0 Å². The van der Waals surface area contributed by atoms with Gasteiger partial charge < -0.3 is 30.0 Å². The van der Waals surface area contributed by atoms with Gasteiger partial charge in [-0.25, -0.2) is 0 Å². The molecule has 1 rings (SSSR count). The van der Waals surface area contributed by atoms with Gasteiger partial charge in [-0.3, -0.25) is 38.8 Å². The van der Waals surface area contributed by atoms with Crippen molar-refractivity contribution in [1.29, 1.82) is 0 Å². The molecule has 0 spiro atoms. The average molecular weight is 575 g/mol. The number of carbonyl (C=O) groups excluding carboxylic acids is 2. The van der Waals surface area contributed by atoms with E-state index in [4.69, 9.17) is 0 Å². The largest absolute Gasteiger partial charge is 0.480 e. The normalized spacial score (nSPS) is 18.2. The maximum atomic E-state index is 12.1. The number of aliphatic carboxylic acids is 4. The molecule has 230 valence electrons. The lowest BCUT2D eigenvalue weighted by Gasteiger charge is -2.37. The lowest BCUT2D eigenvalue weighted by atomic mass is 10.1. The van der Waals surface area contributed by atoms with E-state index in [9.17, 15) is 49.2 Å². The van der Waals surface area contributed by atoms with Crippen LogP contribution in [0.15, 0.2) is 0 Å². The summed E-state index contributed by atoms with van der Waals surface area (Å²) in [7, 11) is 0. The zero-order valence-electron chi connectivity index (χ0n) is 24.1. The van der Waals surface area contributed by atoms with Gasteiger partial charge >= 0.3 is 23.9 Å². The molecule has 4 N–H and O–H groups in total. The monoisotopic (exact) mass is 574 g/mol.